The molecule has 6 heteroatoms. The summed E-state index contributed by atoms with van der Waals surface area (Å²) in [5, 5.41) is 10.1. The molecule has 0 fully saturated rings. The normalized spacial score (nSPS) is 13.5. The Labute approximate surface area is 371 Å². The van der Waals surface area contributed by atoms with Gasteiger partial charge in [0, 0.05) is 37.9 Å². The van der Waals surface area contributed by atoms with Crippen molar-refractivity contribution in [1.29, 1.82) is 0 Å². The summed E-state index contributed by atoms with van der Waals surface area (Å²) >= 11 is 0. The lowest BCUT2D eigenvalue weighted by atomic mass is 10.0. The number of aromatic nitrogens is 5. The maximum Gasteiger partial charge on any atom is 0.240 e. The van der Waals surface area contributed by atoms with E-state index in [1.807, 2.05) is 124 Å². The minimum absolute atomic E-state index is 0.0853. The third kappa shape index (κ3) is 5.13. The molecule has 13 rings (SSSR count). The average molecular weight is 826 g/mol. The maximum absolute atomic E-state index is 10.1. The van der Waals surface area contributed by atoms with Gasteiger partial charge in [0.2, 0.25) is 11.6 Å². The zero-order valence-electron chi connectivity index (χ0n) is 39.6. The van der Waals surface area contributed by atoms with Crippen molar-refractivity contribution in [3.8, 4) is 11.4 Å². The third-order valence-corrected chi connectivity index (χ3v) is 17.4. The van der Waals surface area contributed by atoms with Gasteiger partial charge in [-0.2, -0.15) is 15.0 Å². The highest BCUT2D eigenvalue weighted by molar-refractivity contribution is 7.20. The number of hydrogen-bond acceptors (Lipinski definition) is 3. The van der Waals surface area contributed by atoms with E-state index >= 15 is 0 Å². The van der Waals surface area contributed by atoms with Crippen molar-refractivity contribution >= 4 is 106 Å². The summed E-state index contributed by atoms with van der Waals surface area (Å²) in [5.74, 6) is 0.573. The van der Waals surface area contributed by atoms with Gasteiger partial charge in [0.25, 0.3) is 0 Å². The van der Waals surface area contributed by atoms with Crippen molar-refractivity contribution < 1.29 is 8.22 Å². The second kappa shape index (κ2) is 13.9. The van der Waals surface area contributed by atoms with Crippen molar-refractivity contribution in [2.24, 2.45) is 0 Å². The van der Waals surface area contributed by atoms with Crippen LogP contribution in [0.5, 0.6) is 0 Å². The molecule has 4 heterocycles. The SMILES string of the molecule is [2H]c1cc2c(cc1[2H])c1cccc3c4ccccc4n(c4nc(-c5c([2H])c([2H])c([2H])c([2H])c5[Si](c5ccccc5)(c5ccccc5)c5ccccc5)nc(n4)n4c5ccccc5c5cccc2c54)c13. The number of benzene rings is 9. The molecule has 0 atom stereocenters. The first-order chi connectivity index (χ1) is 33.8. The van der Waals surface area contributed by atoms with E-state index in [9.17, 15) is 5.48 Å². The molecule has 0 spiro atoms. The zero-order valence-corrected chi connectivity index (χ0v) is 34.6. The van der Waals surface area contributed by atoms with Gasteiger partial charge >= 0.3 is 0 Å². The van der Waals surface area contributed by atoms with Crippen molar-refractivity contribution in [1.82, 2.24) is 23.8 Å². The van der Waals surface area contributed by atoms with E-state index in [-0.39, 0.29) is 53.2 Å². The van der Waals surface area contributed by atoms with Crippen LogP contribution in [-0.4, -0.2) is 31.8 Å². The maximum atomic E-state index is 10.1. The fourth-order valence-electron chi connectivity index (χ4n) is 10.1. The molecule has 9 aromatic carbocycles. The van der Waals surface area contributed by atoms with Crippen LogP contribution in [0.25, 0.3) is 88.1 Å². The molecule has 0 aliphatic carbocycles. The molecule has 2 bridgehead atoms. The molecular weight excluding hydrogens is 783 g/mol. The van der Waals surface area contributed by atoms with Gasteiger partial charge in [-0.05, 0) is 43.7 Å². The predicted molar refractivity (Wildman–Crippen MR) is 265 cm³/mol. The number of para-hydroxylation sites is 4. The minimum Gasteiger partial charge on any atom is -0.277 e. The summed E-state index contributed by atoms with van der Waals surface area (Å²) in [7, 11) is -3.72. The van der Waals surface area contributed by atoms with E-state index in [1.54, 1.807) is 12.1 Å². The Kier molecular flexibility index (Phi) is 6.62. The van der Waals surface area contributed by atoms with E-state index < -0.39 is 14.1 Å². The lowest BCUT2D eigenvalue weighted by Gasteiger charge is -2.35. The van der Waals surface area contributed by atoms with Crippen molar-refractivity contribution in [2.75, 3.05) is 0 Å². The monoisotopic (exact) mass is 825 g/mol. The molecular formula is C57H37N5Si. The molecule has 0 aliphatic heterocycles. The number of nitrogens with zero attached hydrogens (tertiary/aromatic N) is 5. The Bertz CT molecular complexity index is 4060. The first-order valence-corrected chi connectivity index (χ1v) is 23.0. The van der Waals surface area contributed by atoms with Gasteiger partial charge < -0.3 is 0 Å². The molecule has 4 aromatic heterocycles. The van der Waals surface area contributed by atoms with Crippen LogP contribution in [0.4, 0.5) is 0 Å². The predicted octanol–water partition coefficient (Wildman–Crippen LogP) is 10.9. The highest BCUT2D eigenvalue weighted by atomic mass is 28.3. The van der Waals surface area contributed by atoms with Crippen LogP contribution in [0.1, 0.15) is 8.22 Å². The van der Waals surface area contributed by atoms with Gasteiger partial charge in [0.15, 0.2) is 13.9 Å². The first kappa shape index (κ1) is 29.9. The highest BCUT2D eigenvalue weighted by Gasteiger charge is 2.43. The van der Waals surface area contributed by atoms with E-state index in [2.05, 4.69) is 60.7 Å². The van der Waals surface area contributed by atoms with Crippen molar-refractivity contribution in [2.45, 2.75) is 0 Å². The molecule has 5 nitrogen and oxygen atoms in total. The van der Waals surface area contributed by atoms with E-state index in [1.165, 1.54) is 0 Å². The van der Waals surface area contributed by atoms with Crippen LogP contribution >= 0.6 is 0 Å². The van der Waals surface area contributed by atoms with Crippen LogP contribution in [0.2, 0.25) is 0 Å². The largest absolute Gasteiger partial charge is 0.277 e. The molecule has 0 radical (unpaired) electrons. The van der Waals surface area contributed by atoms with Gasteiger partial charge in [-0.3, -0.25) is 8.80 Å². The summed E-state index contributed by atoms with van der Waals surface area (Å²) in [5.41, 5.74) is 3.36. The van der Waals surface area contributed by atoms with Gasteiger partial charge in [-0.15, -0.1) is 0 Å². The summed E-state index contributed by atoms with van der Waals surface area (Å²) in [4.78, 5) is 16.4. The Morgan fingerprint density at radius 1 is 0.349 bits per heavy atom. The van der Waals surface area contributed by atoms with Gasteiger partial charge in [0.05, 0.1) is 30.3 Å². The molecule has 0 aliphatic rings. The van der Waals surface area contributed by atoms with E-state index in [0.29, 0.717) is 5.19 Å². The van der Waals surface area contributed by atoms with Crippen LogP contribution < -0.4 is 20.7 Å². The molecule has 0 amide bonds. The topological polar surface area (TPSA) is 47.5 Å². The highest BCUT2D eigenvalue weighted by Crippen LogP contribution is 2.38. The summed E-state index contributed by atoms with van der Waals surface area (Å²) in [6.45, 7) is 0. The lowest BCUT2D eigenvalue weighted by Crippen LogP contribution is -2.75. The molecule has 0 saturated carbocycles. The molecule has 0 N–H and O–H groups in total. The molecule has 0 saturated heterocycles. The molecule has 13 aromatic rings. The second-order valence-corrected chi connectivity index (χ2v) is 19.6. The summed E-state index contributed by atoms with van der Waals surface area (Å²) in [6, 6.07) is 61.2. The van der Waals surface area contributed by atoms with E-state index in [0.717, 1.165) is 80.7 Å². The number of rotatable bonds is 5. The average Bonchev–Trinajstić information content (AvgIpc) is 3.92. The Morgan fingerprint density at radius 3 is 1.22 bits per heavy atom. The smallest absolute Gasteiger partial charge is 0.240 e. The number of fused-ring (bicyclic) bond motifs is 13. The van der Waals surface area contributed by atoms with Crippen LogP contribution in [0.3, 0.4) is 0 Å². The Hall–Kier alpha value is -8.19. The fraction of sp³-hybridized carbons (Fsp3) is 0. The van der Waals surface area contributed by atoms with Crippen LogP contribution in [-0.2, 0) is 0 Å². The minimum atomic E-state index is -3.72. The summed E-state index contributed by atoms with van der Waals surface area (Å²) in [6.07, 6.45) is 0. The first-order valence-electron chi connectivity index (χ1n) is 24.0. The van der Waals surface area contributed by atoms with Gasteiger partial charge in [-0.1, -0.05) is 212 Å². The molecule has 0 unspecified atom stereocenters. The van der Waals surface area contributed by atoms with Gasteiger partial charge in [0.1, 0.15) is 0 Å². The standard InChI is InChI=1S/C57H37N5Si/c1-4-20-38(21-5-1)63(39-22-6-2-7-23-39,40-24-8-3-9-25-40)52-37-17-14-30-49(52)55-58-56-60-57(59-55)62-51-36-16-13-29-44(51)48-34-19-32-46(54(48)62)42-27-11-10-26-41(42)45-31-18-33-47-43-28-12-15-35-50(43)61(56)53(45)47/h1-37H/i10D,11D,14D,17D,30D,37D. The number of hydrogen-bond donors (Lipinski definition) is 0. The fourth-order valence-corrected chi connectivity index (χ4v) is 14.9. The van der Waals surface area contributed by atoms with Crippen molar-refractivity contribution in [3.63, 3.8) is 0 Å². The Morgan fingerprint density at radius 2 is 0.746 bits per heavy atom. The van der Waals surface area contributed by atoms with E-state index in [4.69, 9.17) is 17.7 Å². The summed E-state index contributed by atoms with van der Waals surface area (Å²) < 4.78 is 61.1. The van der Waals surface area contributed by atoms with Crippen molar-refractivity contribution in [3.05, 3.63) is 224 Å². The van der Waals surface area contributed by atoms with Crippen LogP contribution in [0.15, 0.2) is 224 Å². The second-order valence-electron chi connectivity index (χ2n) is 15.9. The third-order valence-electron chi connectivity index (χ3n) is 12.7. The zero-order chi connectivity index (χ0) is 46.7. The molecule has 63 heavy (non-hydrogen) atoms. The van der Waals surface area contributed by atoms with Gasteiger partial charge in [-0.25, -0.2) is 0 Å². The Balaban J connectivity index is 1.35. The quantitative estimate of drug-likeness (QED) is 0.128. The lowest BCUT2D eigenvalue weighted by molar-refractivity contribution is 1.06. The van der Waals surface area contributed by atoms with Crippen LogP contribution in [0, 0.1) is 0 Å². The molecule has 294 valence electrons.